The summed E-state index contributed by atoms with van der Waals surface area (Å²) in [6.07, 6.45) is 6.39. The van der Waals surface area contributed by atoms with Crippen molar-refractivity contribution in [1.29, 1.82) is 0 Å². The zero-order valence-corrected chi connectivity index (χ0v) is 14.2. The van der Waals surface area contributed by atoms with Crippen molar-refractivity contribution in [3.63, 3.8) is 0 Å². The minimum absolute atomic E-state index is 0.381. The van der Waals surface area contributed by atoms with Crippen LogP contribution in [0.25, 0.3) is 0 Å². The number of methoxy groups -OCH3 is 1. The van der Waals surface area contributed by atoms with Gasteiger partial charge < -0.3 is 9.84 Å². The maximum atomic E-state index is 10.7. The van der Waals surface area contributed by atoms with Crippen molar-refractivity contribution in [2.75, 3.05) is 7.11 Å². The number of ether oxygens (including phenoxy) is 1. The van der Waals surface area contributed by atoms with E-state index in [9.17, 15) is 5.11 Å². The Labute approximate surface area is 129 Å². The molecular weight excluding hydrogens is 320 g/mol. The molecule has 5 heteroatoms. The van der Waals surface area contributed by atoms with Crippen molar-refractivity contribution in [3.05, 3.63) is 15.9 Å². The summed E-state index contributed by atoms with van der Waals surface area (Å²) in [5.74, 6) is 0. The number of hydrogen-bond donors (Lipinski definition) is 1. The smallest absolute Gasteiger partial charge is 0.0940 e. The first-order valence-electron chi connectivity index (χ1n) is 7.47. The first-order chi connectivity index (χ1) is 9.54. The van der Waals surface area contributed by atoms with Crippen LogP contribution in [-0.2, 0) is 24.6 Å². The molecule has 0 spiro atoms. The van der Waals surface area contributed by atoms with Crippen LogP contribution in [0, 0.1) is 0 Å². The molecule has 0 saturated heterocycles. The predicted molar refractivity (Wildman–Crippen MR) is 82.8 cm³/mol. The number of halogens is 1. The number of aromatic nitrogens is 2. The third-order valence-electron chi connectivity index (χ3n) is 4.60. The summed E-state index contributed by atoms with van der Waals surface area (Å²) in [5, 5.41) is 15.2. The Morgan fingerprint density at radius 3 is 2.55 bits per heavy atom. The minimum Gasteiger partial charge on any atom is -0.390 e. The second-order valence-electron chi connectivity index (χ2n) is 5.73. The zero-order valence-electron chi connectivity index (χ0n) is 12.7. The predicted octanol–water partition coefficient (Wildman–Crippen LogP) is 3.00. The topological polar surface area (TPSA) is 47.3 Å². The van der Waals surface area contributed by atoms with Crippen LogP contribution in [0.4, 0.5) is 0 Å². The highest BCUT2D eigenvalue weighted by atomic mass is 79.9. The van der Waals surface area contributed by atoms with Gasteiger partial charge >= 0.3 is 0 Å². The lowest BCUT2D eigenvalue weighted by Gasteiger charge is -2.40. The molecule has 1 fully saturated rings. The molecule has 2 rings (SSSR count). The number of aliphatic hydroxyl groups is 1. The van der Waals surface area contributed by atoms with E-state index < -0.39 is 6.10 Å². The van der Waals surface area contributed by atoms with E-state index >= 15 is 0 Å². The van der Waals surface area contributed by atoms with Crippen molar-refractivity contribution in [1.82, 2.24) is 9.78 Å². The Bertz CT molecular complexity index is 453. The SMILES string of the molecule is CCc1nn(C)c(CC(O)C2(OC)CCCCC2)c1Br. The Morgan fingerprint density at radius 2 is 2.05 bits per heavy atom. The van der Waals surface area contributed by atoms with E-state index in [1.807, 2.05) is 11.7 Å². The molecule has 1 heterocycles. The largest absolute Gasteiger partial charge is 0.390 e. The summed E-state index contributed by atoms with van der Waals surface area (Å²) in [5.41, 5.74) is 1.72. The molecule has 0 amide bonds. The Hall–Kier alpha value is -0.390. The fraction of sp³-hybridized carbons (Fsp3) is 0.800. The van der Waals surface area contributed by atoms with Crippen molar-refractivity contribution < 1.29 is 9.84 Å². The van der Waals surface area contributed by atoms with Crippen LogP contribution in [0.15, 0.2) is 4.47 Å². The number of hydrogen-bond acceptors (Lipinski definition) is 3. The monoisotopic (exact) mass is 344 g/mol. The van der Waals surface area contributed by atoms with Gasteiger partial charge in [0.05, 0.1) is 27.6 Å². The average Bonchev–Trinajstić information content (AvgIpc) is 2.75. The summed E-state index contributed by atoms with van der Waals surface area (Å²) in [4.78, 5) is 0. The van der Waals surface area contributed by atoms with E-state index in [0.717, 1.165) is 48.0 Å². The van der Waals surface area contributed by atoms with E-state index in [4.69, 9.17) is 4.74 Å². The maximum Gasteiger partial charge on any atom is 0.0940 e. The van der Waals surface area contributed by atoms with E-state index in [2.05, 4.69) is 28.0 Å². The highest BCUT2D eigenvalue weighted by Crippen LogP contribution is 2.36. The van der Waals surface area contributed by atoms with Gasteiger partial charge in [-0.15, -0.1) is 0 Å². The first-order valence-corrected chi connectivity index (χ1v) is 8.27. The lowest BCUT2D eigenvalue weighted by molar-refractivity contribution is -0.122. The third kappa shape index (κ3) is 2.95. The van der Waals surface area contributed by atoms with E-state index in [-0.39, 0.29) is 5.60 Å². The molecule has 0 radical (unpaired) electrons. The molecule has 1 saturated carbocycles. The molecule has 20 heavy (non-hydrogen) atoms. The van der Waals surface area contributed by atoms with Crippen LogP contribution < -0.4 is 0 Å². The quantitative estimate of drug-likeness (QED) is 0.892. The Kier molecular flexibility index (Phi) is 5.26. The number of nitrogens with zero attached hydrogens (tertiary/aromatic N) is 2. The van der Waals surface area contributed by atoms with Crippen LogP contribution in [-0.4, -0.2) is 33.7 Å². The molecule has 1 aliphatic rings. The van der Waals surface area contributed by atoms with Crippen LogP contribution in [0.3, 0.4) is 0 Å². The van der Waals surface area contributed by atoms with E-state index in [1.165, 1.54) is 6.42 Å². The number of aliphatic hydroxyl groups excluding tert-OH is 1. The van der Waals surface area contributed by atoms with Gasteiger partial charge in [-0.05, 0) is 35.2 Å². The molecule has 1 unspecified atom stereocenters. The second-order valence-corrected chi connectivity index (χ2v) is 6.53. The number of aryl methyl sites for hydroxylation is 2. The molecular formula is C15H25BrN2O2. The van der Waals surface area contributed by atoms with Crippen LogP contribution >= 0.6 is 15.9 Å². The maximum absolute atomic E-state index is 10.7. The molecule has 0 bridgehead atoms. The van der Waals surface area contributed by atoms with Crippen molar-refractivity contribution in [2.45, 2.75) is 63.6 Å². The summed E-state index contributed by atoms with van der Waals surface area (Å²) in [6.45, 7) is 2.09. The Morgan fingerprint density at radius 1 is 1.40 bits per heavy atom. The summed E-state index contributed by atoms with van der Waals surface area (Å²) in [6, 6.07) is 0. The summed E-state index contributed by atoms with van der Waals surface area (Å²) in [7, 11) is 3.66. The van der Waals surface area contributed by atoms with Gasteiger partial charge in [-0.3, -0.25) is 4.68 Å². The molecule has 4 nitrogen and oxygen atoms in total. The van der Waals surface area contributed by atoms with Gasteiger partial charge in [0.15, 0.2) is 0 Å². The second kappa shape index (κ2) is 6.58. The number of rotatable bonds is 5. The first kappa shape index (κ1) is 16.0. The van der Waals surface area contributed by atoms with Gasteiger partial charge in [0.25, 0.3) is 0 Å². The van der Waals surface area contributed by atoms with Crippen LogP contribution in [0.1, 0.15) is 50.4 Å². The van der Waals surface area contributed by atoms with Gasteiger partial charge in [0.2, 0.25) is 0 Å². The normalized spacial score (nSPS) is 20.1. The molecule has 1 atom stereocenters. The summed E-state index contributed by atoms with van der Waals surface area (Å²) >= 11 is 3.62. The minimum atomic E-state index is -0.482. The van der Waals surface area contributed by atoms with Gasteiger partial charge in [-0.2, -0.15) is 5.10 Å². The highest BCUT2D eigenvalue weighted by Gasteiger charge is 2.39. The van der Waals surface area contributed by atoms with Crippen molar-refractivity contribution >= 4 is 15.9 Å². The highest BCUT2D eigenvalue weighted by molar-refractivity contribution is 9.10. The Balaban J connectivity index is 2.18. The third-order valence-corrected chi connectivity index (χ3v) is 5.52. The van der Waals surface area contributed by atoms with Crippen molar-refractivity contribution in [3.8, 4) is 0 Å². The molecule has 0 aromatic carbocycles. The summed E-state index contributed by atoms with van der Waals surface area (Å²) < 4.78 is 8.64. The van der Waals surface area contributed by atoms with E-state index in [1.54, 1.807) is 7.11 Å². The molecule has 114 valence electrons. The molecule has 1 aliphatic carbocycles. The van der Waals surface area contributed by atoms with Gasteiger partial charge in [0, 0.05) is 20.6 Å². The van der Waals surface area contributed by atoms with Gasteiger partial charge in [0.1, 0.15) is 0 Å². The van der Waals surface area contributed by atoms with Crippen LogP contribution in [0.2, 0.25) is 0 Å². The lowest BCUT2D eigenvalue weighted by Crippen LogP contribution is -2.47. The molecule has 0 aliphatic heterocycles. The van der Waals surface area contributed by atoms with E-state index in [0.29, 0.717) is 6.42 Å². The molecule has 1 aromatic rings. The molecule has 1 N–H and O–H groups in total. The van der Waals surface area contributed by atoms with Gasteiger partial charge in [-0.1, -0.05) is 26.2 Å². The lowest BCUT2D eigenvalue weighted by atomic mass is 9.79. The zero-order chi connectivity index (χ0) is 14.8. The molecule has 1 aromatic heterocycles. The standard InChI is InChI=1S/C15H25BrN2O2/c1-4-11-14(16)12(18(2)17-11)10-13(19)15(20-3)8-6-5-7-9-15/h13,19H,4-10H2,1-3H3. The average molecular weight is 345 g/mol. The fourth-order valence-electron chi connectivity index (χ4n) is 3.23. The van der Waals surface area contributed by atoms with Crippen molar-refractivity contribution in [2.24, 2.45) is 7.05 Å². The fourth-order valence-corrected chi connectivity index (χ4v) is 4.01. The van der Waals surface area contributed by atoms with Crippen LogP contribution in [0.5, 0.6) is 0 Å². The van der Waals surface area contributed by atoms with Gasteiger partial charge in [-0.25, -0.2) is 0 Å².